The maximum absolute atomic E-state index is 13.5. The average Bonchev–Trinajstić information content (AvgIpc) is 2.34. The van der Waals surface area contributed by atoms with Gasteiger partial charge in [0.25, 0.3) is 0 Å². The molecule has 94 valence electrons. The van der Waals surface area contributed by atoms with Crippen LogP contribution in [0.15, 0.2) is 28.9 Å². The van der Waals surface area contributed by atoms with Crippen LogP contribution in [-0.2, 0) is 6.54 Å². The summed E-state index contributed by atoms with van der Waals surface area (Å²) in [6, 6.07) is 4.51. The van der Waals surface area contributed by atoms with E-state index in [1.807, 2.05) is 0 Å². The highest BCUT2D eigenvalue weighted by molar-refractivity contribution is 9.10. The van der Waals surface area contributed by atoms with Crippen LogP contribution in [0.1, 0.15) is 11.3 Å². The molecule has 0 unspecified atom stereocenters. The van der Waals surface area contributed by atoms with E-state index in [0.717, 1.165) is 11.3 Å². The van der Waals surface area contributed by atoms with Crippen LogP contribution < -0.4 is 10.5 Å². The van der Waals surface area contributed by atoms with Gasteiger partial charge < -0.3 is 10.5 Å². The van der Waals surface area contributed by atoms with E-state index in [2.05, 4.69) is 25.9 Å². The van der Waals surface area contributed by atoms with E-state index in [1.54, 1.807) is 19.2 Å². The lowest BCUT2D eigenvalue weighted by molar-refractivity contribution is 0.409. The number of aryl methyl sites for hydroxylation is 1. The largest absolute Gasteiger partial charge is 0.421 e. The lowest BCUT2D eigenvalue weighted by Crippen LogP contribution is -2.03. The quantitative estimate of drug-likeness (QED) is 0.946. The molecule has 0 amide bonds. The summed E-state index contributed by atoms with van der Waals surface area (Å²) in [7, 11) is 0. The van der Waals surface area contributed by atoms with E-state index in [0.29, 0.717) is 11.0 Å². The Kier molecular flexibility index (Phi) is 3.88. The Hall–Kier alpha value is -1.53. The molecule has 1 aromatic carbocycles. The number of halogens is 2. The van der Waals surface area contributed by atoms with Gasteiger partial charge in [-0.25, -0.2) is 9.37 Å². The molecule has 0 saturated heterocycles. The SMILES string of the molecule is Cc1nc(Oc2cc(Br)ccc2F)ncc1CN. The van der Waals surface area contributed by atoms with Crippen molar-refractivity contribution in [1.29, 1.82) is 0 Å². The Morgan fingerprint density at radius 3 is 2.89 bits per heavy atom. The number of benzene rings is 1. The van der Waals surface area contributed by atoms with E-state index < -0.39 is 5.82 Å². The molecule has 0 radical (unpaired) electrons. The molecule has 0 aliphatic carbocycles. The average molecular weight is 312 g/mol. The number of hydrogen-bond donors (Lipinski definition) is 1. The van der Waals surface area contributed by atoms with Crippen molar-refractivity contribution in [3.63, 3.8) is 0 Å². The van der Waals surface area contributed by atoms with E-state index in [4.69, 9.17) is 10.5 Å². The molecule has 0 aliphatic heterocycles. The monoisotopic (exact) mass is 311 g/mol. The molecule has 0 atom stereocenters. The zero-order valence-electron chi connectivity index (χ0n) is 9.65. The molecule has 4 nitrogen and oxygen atoms in total. The summed E-state index contributed by atoms with van der Waals surface area (Å²) >= 11 is 3.24. The summed E-state index contributed by atoms with van der Waals surface area (Å²) in [5, 5.41) is 0. The molecule has 2 rings (SSSR count). The first-order chi connectivity index (χ1) is 8.60. The molecule has 2 aromatic rings. The summed E-state index contributed by atoms with van der Waals surface area (Å²) < 4.78 is 19.5. The Bertz CT molecular complexity index is 577. The van der Waals surface area contributed by atoms with Gasteiger partial charge >= 0.3 is 6.01 Å². The molecule has 1 heterocycles. The number of hydrogen-bond acceptors (Lipinski definition) is 4. The van der Waals surface area contributed by atoms with Gasteiger partial charge in [-0.05, 0) is 25.1 Å². The van der Waals surface area contributed by atoms with Gasteiger partial charge in [-0.3, -0.25) is 0 Å². The zero-order valence-corrected chi connectivity index (χ0v) is 11.2. The van der Waals surface area contributed by atoms with Crippen molar-refractivity contribution >= 4 is 15.9 Å². The number of ether oxygens (including phenoxy) is 1. The predicted molar refractivity (Wildman–Crippen MR) is 68.8 cm³/mol. The predicted octanol–water partition coefficient (Wildman–Crippen LogP) is 2.94. The Morgan fingerprint density at radius 2 is 2.22 bits per heavy atom. The minimum atomic E-state index is -0.470. The van der Waals surface area contributed by atoms with Crippen LogP contribution in [0.3, 0.4) is 0 Å². The van der Waals surface area contributed by atoms with Crippen LogP contribution in [0.4, 0.5) is 4.39 Å². The number of nitrogens with two attached hydrogens (primary N) is 1. The number of rotatable bonds is 3. The molecule has 2 N–H and O–H groups in total. The summed E-state index contributed by atoms with van der Waals surface area (Å²) in [4.78, 5) is 8.10. The van der Waals surface area contributed by atoms with Gasteiger partial charge in [0.2, 0.25) is 0 Å². The van der Waals surface area contributed by atoms with Crippen LogP contribution in [0.25, 0.3) is 0 Å². The van der Waals surface area contributed by atoms with Crippen LogP contribution in [-0.4, -0.2) is 9.97 Å². The minimum Gasteiger partial charge on any atom is -0.421 e. The molecule has 0 saturated carbocycles. The Balaban J connectivity index is 2.28. The second-order valence-electron chi connectivity index (χ2n) is 3.64. The summed E-state index contributed by atoms with van der Waals surface area (Å²) in [6.07, 6.45) is 1.58. The first-order valence-corrected chi connectivity index (χ1v) is 6.05. The molecule has 18 heavy (non-hydrogen) atoms. The zero-order chi connectivity index (χ0) is 13.1. The number of nitrogens with zero attached hydrogens (tertiary/aromatic N) is 2. The molecule has 1 aromatic heterocycles. The van der Waals surface area contributed by atoms with Crippen LogP contribution in [0.5, 0.6) is 11.8 Å². The third-order valence-electron chi connectivity index (χ3n) is 2.37. The molecule has 0 fully saturated rings. The van der Waals surface area contributed by atoms with E-state index in [9.17, 15) is 4.39 Å². The van der Waals surface area contributed by atoms with E-state index in [-0.39, 0.29) is 11.8 Å². The standard InChI is InChI=1S/C12H11BrFN3O/c1-7-8(5-15)6-16-12(17-7)18-11-4-9(13)2-3-10(11)14/h2-4,6H,5,15H2,1H3. The lowest BCUT2D eigenvalue weighted by atomic mass is 10.2. The highest BCUT2D eigenvalue weighted by atomic mass is 79.9. The van der Waals surface area contributed by atoms with Crippen molar-refractivity contribution in [2.24, 2.45) is 5.73 Å². The molecule has 0 aliphatic rings. The molecule has 6 heteroatoms. The van der Waals surface area contributed by atoms with Crippen LogP contribution >= 0.6 is 15.9 Å². The first-order valence-electron chi connectivity index (χ1n) is 5.25. The highest BCUT2D eigenvalue weighted by Crippen LogP contribution is 2.25. The Labute approximate surface area is 112 Å². The third-order valence-corrected chi connectivity index (χ3v) is 2.87. The summed E-state index contributed by atoms with van der Waals surface area (Å²) in [6.45, 7) is 2.16. The normalized spacial score (nSPS) is 10.4. The fraction of sp³-hybridized carbons (Fsp3) is 0.167. The molecule has 0 spiro atoms. The lowest BCUT2D eigenvalue weighted by Gasteiger charge is -2.07. The number of aromatic nitrogens is 2. The van der Waals surface area contributed by atoms with Gasteiger partial charge in [-0.15, -0.1) is 0 Å². The van der Waals surface area contributed by atoms with Gasteiger partial charge in [0.15, 0.2) is 11.6 Å². The van der Waals surface area contributed by atoms with Crippen molar-refractivity contribution < 1.29 is 9.13 Å². The van der Waals surface area contributed by atoms with Crippen molar-refractivity contribution in [3.05, 3.63) is 45.9 Å². The third kappa shape index (κ3) is 2.83. The van der Waals surface area contributed by atoms with Gasteiger partial charge in [0.1, 0.15) is 0 Å². The maximum Gasteiger partial charge on any atom is 0.322 e. The van der Waals surface area contributed by atoms with Crippen LogP contribution in [0.2, 0.25) is 0 Å². The topological polar surface area (TPSA) is 61.0 Å². The first kappa shape index (κ1) is 12.9. The van der Waals surface area contributed by atoms with Gasteiger partial charge in [-0.2, -0.15) is 4.98 Å². The maximum atomic E-state index is 13.5. The molecular weight excluding hydrogens is 301 g/mol. The second kappa shape index (κ2) is 5.41. The Morgan fingerprint density at radius 1 is 1.44 bits per heavy atom. The molecule has 0 bridgehead atoms. The van der Waals surface area contributed by atoms with Gasteiger partial charge in [0.05, 0.1) is 0 Å². The second-order valence-corrected chi connectivity index (χ2v) is 4.56. The summed E-state index contributed by atoms with van der Waals surface area (Å²) in [5.41, 5.74) is 7.06. The highest BCUT2D eigenvalue weighted by Gasteiger charge is 2.08. The smallest absolute Gasteiger partial charge is 0.322 e. The van der Waals surface area contributed by atoms with Crippen molar-refractivity contribution in [2.45, 2.75) is 13.5 Å². The van der Waals surface area contributed by atoms with E-state index >= 15 is 0 Å². The van der Waals surface area contributed by atoms with E-state index in [1.165, 1.54) is 12.1 Å². The fourth-order valence-corrected chi connectivity index (χ4v) is 1.71. The van der Waals surface area contributed by atoms with Gasteiger partial charge in [-0.1, -0.05) is 15.9 Å². The van der Waals surface area contributed by atoms with Crippen molar-refractivity contribution in [3.8, 4) is 11.8 Å². The fourth-order valence-electron chi connectivity index (χ4n) is 1.37. The van der Waals surface area contributed by atoms with Crippen molar-refractivity contribution in [2.75, 3.05) is 0 Å². The van der Waals surface area contributed by atoms with Crippen molar-refractivity contribution in [1.82, 2.24) is 9.97 Å². The minimum absolute atomic E-state index is 0.0734. The summed E-state index contributed by atoms with van der Waals surface area (Å²) in [5.74, 6) is -0.397. The van der Waals surface area contributed by atoms with Gasteiger partial charge in [0, 0.05) is 28.5 Å². The molecular formula is C12H11BrFN3O. The van der Waals surface area contributed by atoms with Crippen LogP contribution in [0, 0.1) is 12.7 Å².